The average Bonchev–Trinajstić information content (AvgIpc) is 2.78. The molecule has 1 aromatic rings. The van der Waals surface area contributed by atoms with Gasteiger partial charge in [0.2, 0.25) is 5.89 Å². The lowest BCUT2D eigenvalue weighted by atomic mass is 10.3. The van der Waals surface area contributed by atoms with Crippen molar-refractivity contribution in [2.24, 2.45) is 0 Å². The van der Waals surface area contributed by atoms with Gasteiger partial charge in [-0.15, -0.1) is 0 Å². The van der Waals surface area contributed by atoms with Crippen molar-refractivity contribution in [3.05, 3.63) is 12.2 Å². The minimum Gasteiger partial charge on any atom is -0.480 e. The van der Waals surface area contributed by atoms with Gasteiger partial charge in [-0.05, 0) is 0 Å². The zero-order chi connectivity index (χ0) is 12.7. The number of aliphatic hydroxyl groups is 1. The molecule has 9 heteroatoms. The summed E-state index contributed by atoms with van der Waals surface area (Å²) in [6, 6.07) is -2.01. The van der Waals surface area contributed by atoms with Gasteiger partial charge in [-0.25, -0.2) is 9.59 Å². The summed E-state index contributed by atoms with van der Waals surface area (Å²) in [4.78, 5) is 25.4. The average molecular weight is 244 g/mol. The molecule has 1 heterocycles. The number of carboxylic acids is 1. The van der Waals surface area contributed by atoms with Gasteiger partial charge in [-0.3, -0.25) is 0 Å². The molecule has 1 atom stereocenters. The molecule has 0 saturated heterocycles. The number of aliphatic carboxylic acids is 1. The Kier molecular flexibility index (Phi) is 4.88. The highest BCUT2D eigenvalue weighted by atomic mass is 16.5. The number of rotatable bonds is 6. The highest BCUT2D eigenvalue weighted by molar-refractivity contribution is 5.82. The molecule has 0 unspecified atom stereocenters. The van der Waals surface area contributed by atoms with Gasteiger partial charge in [0, 0.05) is 13.0 Å². The van der Waals surface area contributed by atoms with Crippen LogP contribution in [0.25, 0.3) is 0 Å². The Morgan fingerprint density at radius 1 is 1.53 bits per heavy atom. The number of carbonyl (C=O) groups excluding carboxylic acids is 1. The Bertz CT molecular complexity index is 366. The van der Waals surface area contributed by atoms with Gasteiger partial charge >= 0.3 is 12.0 Å². The smallest absolute Gasteiger partial charge is 0.328 e. The highest BCUT2D eigenvalue weighted by Crippen LogP contribution is 1.90. The zero-order valence-corrected chi connectivity index (χ0v) is 8.79. The van der Waals surface area contributed by atoms with E-state index in [0.717, 1.165) is 0 Å². The van der Waals surface area contributed by atoms with Gasteiger partial charge in [0.25, 0.3) is 0 Å². The molecular weight excluding hydrogens is 232 g/mol. The van der Waals surface area contributed by atoms with E-state index in [4.69, 9.17) is 10.2 Å². The number of hydrogen-bond acceptors (Lipinski definition) is 6. The molecule has 0 saturated carbocycles. The van der Waals surface area contributed by atoms with Crippen LogP contribution in [-0.2, 0) is 11.2 Å². The fraction of sp³-hybridized carbons (Fsp3) is 0.500. The molecule has 0 spiro atoms. The van der Waals surface area contributed by atoms with E-state index >= 15 is 0 Å². The topological polar surface area (TPSA) is 138 Å². The molecule has 2 amide bonds. The summed E-state index contributed by atoms with van der Waals surface area (Å²) in [7, 11) is 0. The number of carbonyl (C=O) groups is 2. The number of urea groups is 1. The molecule has 0 radical (unpaired) electrons. The summed E-state index contributed by atoms with van der Waals surface area (Å²) in [6.45, 7) is -0.460. The number of aromatic nitrogens is 2. The van der Waals surface area contributed by atoms with Crippen LogP contribution in [0.4, 0.5) is 4.79 Å². The van der Waals surface area contributed by atoms with Gasteiger partial charge in [0.15, 0.2) is 12.4 Å². The summed E-state index contributed by atoms with van der Waals surface area (Å²) in [5.74, 6) is -0.943. The monoisotopic (exact) mass is 244 g/mol. The van der Waals surface area contributed by atoms with Crippen LogP contribution in [0, 0.1) is 0 Å². The summed E-state index contributed by atoms with van der Waals surface area (Å²) >= 11 is 0. The van der Waals surface area contributed by atoms with Crippen molar-refractivity contribution < 1.29 is 24.3 Å². The molecule has 0 aliphatic heterocycles. The van der Waals surface area contributed by atoms with Gasteiger partial charge < -0.3 is 25.4 Å². The van der Waals surface area contributed by atoms with Crippen molar-refractivity contribution in [1.29, 1.82) is 0 Å². The second-order valence-corrected chi connectivity index (χ2v) is 3.06. The minimum absolute atomic E-state index is 0.214. The fourth-order valence-electron chi connectivity index (χ4n) is 0.984. The number of nitrogens with one attached hydrogen (secondary N) is 2. The van der Waals surface area contributed by atoms with Crippen LogP contribution in [0.15, 0.2) is 10.9 Å². The van der Waals surface area contributed by atoms with Gasteiger partial charge in [0.1, 0.15) is 0 Å². The first-order chi connectivity index (χ1) is 8.13. The van der Waals surface area contributed by atoms with E-state index in [-0.39, 0.29) is 6.54 Å². The Balaban J connectivity index is 2.23. The van der Waals surface area contributed by atoms with Crippen molar-refractivity contribution in [2.45, 2.75) is 12.5 Å². The first kappa shape index (κ1) is 12.9. The molecule has 1 aromatic heterocycles. The van der Waals surface area contributed by atoms with Crippen LogP contribution < -0.4 is 10.6 Å². The zero-order valence-electron chi connectivity index (χ0n) is 8.79. The molecule has 94 valence electrons. The molecule has 0 aliphatic carbocycles. The highest BCUT2D eigenvalue weighted by Gasteiger charge is 2.18. The number of nitrogens with zero attached hydrogens (tertiary/aromatic N) is 2. The van der Waals surface area contributed by atoms with E-state index in [1.807, 2.05) is 0 Å². The summed E-state index contributed by atoms with van der Waals surface area (Å²) in [5, 5.41) is 25.1. The minimum atomic E-state index is -1.32. The maximum Gasteiger partial charge on any atom is 0.328 e. The normalized spacial score (nSPS) is 11.8. The summed E-state index contributed by atoms with van der Waals surface area (Å²) < 4.78 is 4.69. The Morgan fingerprint density at radius 3 is 2.82 bits per heavy atom. The van der Waals surface area contributed by atoms with Gasteiger partial charge in [-0.2, -0.15) is 4.98 Å². The SMILES string of the molecule is O=C(NCCc1ncno1)N[C@H](CO)C(=O)O. The van der Waals surface area contributed by atoms with Crippen molar-refractivity contribution in [3.63, 3.8) is 0 Å². The summed E-state index contributed by atoms with van der Waals surface area (Å²) in [6.07, 6.45) is 1.58. The predicted molar refractivity (Wildman–Crippen MR) is 53.0 cm³/mol. The molecule has 4 N–H and O–H groups in total. The lowest BCUT2D eigenvalue weighted by Crippen LogP contribution is -2.48. The third-order valence-corrected chi connectivity index (χ3v) is 1.82. The molecular formula is C8H12N4O5. The van der Waals surface area contributed by atoms with Crippen molar-refractivity contribution in [3.8, 4) is 0 Å². The first-order valence-electron chi connectivity index (χ1n) is 4.77. The van der Waals surface area contributed by atoms with Crippen LogP contribution in [0.3, 0.4) is 0 Å². The molecule has 17 heavy (non-hydrogen) atoms. The van der Waals surface area contributed by atoms with Gasteiger partial charge in [0.05, 0.1) is 6.61 Å². The van der Waals surface area contributed by atoms with E-state index in [2.05, 4.69) is 25.3 Å². The van der Waals surface area contributed by atoms with Crippen molar-refractivity contribution in [2.75, 3.05) is 13.2 Å². The predicted octanol–water partition coefficient (Wildman–Crippen LogP) is -1.64. The van der Waals surface area contributed by atoms with E-state index < -0.39 is 24.6 Å². The lowest BCUT2D eigenvalue weighted by Gasteiger charge is -2.11. The molecule has 0 aromatic carbocycles. The molecule has 0 aliphatic rings. The van der Waals surface area contributed by atoms with E-state index in [1.54, 1.807) is 0 Å². The molecule has 9 nitrogen and oxygen atoms in total. The standard InChI is InChI=1S/C8H12N4O5/c13-3-5(7(14)15)12-8(16)9-2-1-6-10-4-11-17-6/h4-5,13H,1-3H2,(H,14,15)(H2,9,12,16)/t5-/m1/s1. The quantitative estimate of drug-likeness (QED) is 0.470. The van der Waals surface area contributed by atoms with Crippen molar-refractivity contribution >= 4 is 12.0 Å². The van der Waals surface area contributed by atoms with Crippen LogP contribution in [0.1, 0.15) is 5.89 Å². The number of aliphatic hydroxyl groups excluding tert-OH is 1. The third-order valence-electron chi connectivity index (χ3n) is 1.82. The third kappa shape index (κ3) is 4.47. The van der Waals surface area contributed by atoms with E-state index in [0.29, 0.717) is 12.3 Å². The van der Waals surface area contributed by atoms with Crippen LogP contribution >= 0.6 is 0 Å². The second kappa shape index (κ2) is 6.43. The number of hydrogen-bond donors (Lipinski definition) is 4. The van der Waals surface area contributed by atoms with Crippen LogP contribution in [-0.4, -0.2) is 51.5 Å². The summed E-state index contributed by atoms with van der Waals surface area (Å²) in [5.41, 5.74) is 0. The fourth-order valence-corrected chi connectivity index (χ4v) is 0.984. The lowest BCUT2D eigenvalue weighted by molar-refractivity contribution is -0.140. The van der Waals surface area contributed by atoms with Crippen LogP contribution in [0.2, 0.25) is 0 Å². The molecule has 0 fully saturated rings. The molecule has 0 bridgehead atoms. The van der Waals surface area contributed by atoms with Gasteiger partial charge in [-0.1, -0.05) is 5.16 Å². The van der Waals surface area contributed by atoms with E-state index in [9.17, 15) is 9.59 Å². The first-order valence-corrected chi connectivity index (χ1v) is 4.77. The number of amides is 2. The maximum absolute atomic E-state index is 11.2. The Morgan fingerprint density at radius 2 is 2.29 bits per heavy atom. The Hall–Kier alpha value is -2.16. The van der Waals surface area contributed by atoms with Crippen molar-refractivity contribution in [1.82, 2.24) is 20.8 Å². The van der Waals surface area contributed by atoms with E-state index in [1.165, 1.54) is 6.33 Å². The largest absolute Gasteiger partial charge is 0.480 e. The Labute approximate surface area is 95.8 Å². The number of carboxylic acid groups (broad SMARTS) is 1. The maximum atomic E-state index is 11.2. The van der Waals surface area contributed by atoms with Crippen LogP contribution in [0.5, 0.6) is 0 Å². The molecule has 1 rings (SSSR count). The second-order valence-electron chi connectivity index (χ2n) is 3.06.